The largest absolute Gasteiger partial charge is 0.463 e. The number of hydrogen-bond donors (Lipinski definition) is 0. The van der Waals surface area contributed by atoms with E-state index in [1.54, 1.807) is 19.1 Å². The van der Waals surface area contributed by atoms with Crippen LogP contribution in [0, 0.1) is 0 Å². The molecule has 0 amide bonds. The molecule has 0 aliphatic carbocycles. The van der Waals surface area contributed by atoms with E-state index in [1.807, 2.05) is 12.1 Å². The standard InChI is InChI=1S/C19H24O3/c1-5-7-8-18(13-19(21)22-6-2)14(3)16-9-11-17(12-10-16)15(4)20/h9-13H,3,5-8H2,1-2,4H3/b18-13+. The minimum absolute atomic E-state index is 0.0328. The van der Waals surface area contributed by atoms with Crippen LogP contribution in [0.3, 0.4) is 0 Å². The summed E-state index contributed by atoms with van der Waals surface area (Å²) in [6.45, 7) is 9.89. The van der Waals surface area contributed by atoms with E-state index in [0.29, 0.717) is 12.2 Å². The van der Waals surface area contributed by atoms with Gasteiger partial charge in [0.2, 0.25) is 0 Å². The summed E-state index contributed by atoms with van der Waals surface area (Å²) in [6, 6.07) is 7.29. The van der Waals surface area contributed by atoms with Crippen LogP contribution in [0.15, 0.2) is 42.5 Å². The van der Waals surface area contributed by atoms with Crippen LogP contribution in [0.1, 0.15) is 56.0 Å². The van der Waals surface area contributed by atoms with Crippen molar-refractivity contribution in [3.8, 4) is 0 Å². The monoisotopic (exact) mass is 300 g/mol. The maximum atomic E-state index is 11.7. The number of rotatable bonds is 8. The lowest BCUT2D eigenvalue weighted by atomic mass is 9.94. The van der Waals surface area contributed by atoms with Gasteiger partial charge >= 0.3 is 5.97 Å². The quantitative estimate of drug-likeness (QED) is 0.305. The number of benzene rings is 1. The van der Waals surface area contributed by atoms with Crippen LogP contribution in [0.2, 0.25) is 0 Å². The highest BCUT2D eigenvalue weighted by molar-refractivity contribution is 5.95. The molecule has 1 aromatic rings. The molecule has 0 fully saturated rings. The van der Waals surface area contributed by atoms with Gasteiger partial charge in [-0.1, -0.05) is 44.2 Å². The number of allylic oxidation sites excluding steroid dienone is 2. The molecule has 0 heterocycles. The van der Waals surface area contributed by atoms with Gasteiger partial charge < -0.3 is 4.74 Å². The summed E-state index contributed by atoms with van der Waals surface area (Å²) in [4.78, 5) is 23.0. The van der Waals surface area contributed by atoms with Gasteiger partial charge in [-0.3, -0.25) is 4.79 Å². The molecule has 0 aliphatic heterocycles. The Morgan fingerprint density at radius 1 is 1.14 bits per heavy atom. The molecule has 0 radical (unpaired) electrons. The van der Waals surface area contributed by atoms with Crippen LogP contribution in [0.5, 0.6) is 0 Å². The zero-order valence-electron chi connectivity index (χ0n) is 13.6. The zero-order chi connectivity index (χ0) is 16.5. The Morgan fingerprint density at radius 2 is 1.73 bits per heavy atom. The zero-order valence-corrected chi connectivity index (χ0v) is 13.6. The molecule has 0 aromatic heterocycles. The lowest BCUT2D eigenvalue weighted by molar-refractivity contribution is -0.137. The van der Waals surface area contributed by atoms with E-state index in [1.165, 1.54) is 13.0 Å². The molecule has 0 atom stereocenters. The third-order valence-corrected chi connectivity index (χ3v) is 3.41. The predicted octanol–water partition coefficient (Wildman–Crippen LogP) is 4.58. The van der Waals surface area contributed by atoms with Crippen molar-refractivity contribution in [1.29, 1.82) is 0 Å². The van der Waals surface area contributed by atoms with E-state index in [4.69, 9.17) is 4.74 Å². The SMILES string of the molecule is C=C(/C(=C/C(=O)OCC)CCCC)c1ccc(C(C)=O)cc1. The van der Waals surface area contributed by atoms with Crippen LogP contribution in [0.25, 0.3) is 5.57 Å². The van der Waals surface area contributed by atoms with Crippen LogP contribution in [0.4, 0.5) is 0 Å². The average molecular weight is 300 g/mol. The minimum atomic E-state index is -0.338. The van der Waals surface area contributed by atoms with Gasteiger partial charge in [0.25, 0.3) is 0 Å². The van der Waals surface area contributed by atoms with Crippen LogP contribution < -0.4 is 0 Å². The first kappa shape index (κ1) is 17.9. The molecule has 118 valence electrons. The lowest BCUT2D eigenvalue weighted by Gasteiger charge is -2.11. The van der Waals surface area contributed by atoms with Crippen LogP contribution >= 0.6 is 0 Å². The summed E-state index contributed by atoms with van der Waals surface area (Å²) in [6.07, 6.45) is 4.33. The highest BCUT2D eigenvalue weighted by Gasteiger charge is 2.09. The number of ketones is 1. The Hall–Kier alpha value is -2.16. The van der Waals surface area contributed by atoms with Gasteiger partial charge in [0.05, 0.1) is 6.61 Å². The molecule has 0 N–H and O–H groups in total. The first-order valence-electron chi connectivity index (χ1n) is 7.67. The molecule has 0 unspecified atom stereocenters. The molecule has 22 heavy (non-hydrogen) atoms. The Labute approximate surface area is 132 Å². The lowest BCUT2D eigenvalue weighted by Crippen LogP contribution is -2.02. The first-order valence-corrected chi connectivity index (χ1v) is 7.67. The summed E-state index contributed by atoms with van der Waals surface area (Å²) in [5.74, 6) is -0.305. The second-order valence-electron chi connectivity index (χ2n) is 5.14. The minimum Gasteiger partial charge on any atom is -0.463 e. The molecule has 3 nitrogen and oxygen atoms in total. The fourth-order valence-corrected chi connectivity index (χ4v) is 2.10. The second-order valence-corrected chi connectivity index (χ2v) is 5.14. The van der Waals surface area contributed by atoms with E-state index in [2.05, 4.69) is 13.5 Å². The molecular formula is C19H24O3. The normalized spacial score (nSPS) is 11.1. The number of esters is 1. The molecule has 0 bridgehead atoms. The third-order valence-electron chi connectivity index (χ3n) is 3.41. The maximum Gasteiger partial charge on any atom is 0.331 e. The Bertz CT molecular complexity index is 565. The van der Waals surface area contributed by atoms with Crippen molar-refractivity contribution in [1.82, 2.24) is 0 Å². The van der Waals surface area contributed by atoms with Crippen molar-refractivity contribution in [3.05, 3.63) is 53.6 Å². The molecule has 1 rings (SSSR count). The van der Waals surface area contributed by atoms with Crippen molar-refractivity contribution in [2.45, 2.75) is 40.0 Å². The molecule has 0 saturated carbocycles. The number of Topliss-reactive ketones (excluding diaryl/α,β-unsaturated/α-hetero) is 1. The average Bonchev–Trinajstić information content (AvgIpc) is 2.51. The Balaban J connectivity index is 2.99. The summed E-state index contributed by atoms with van der Waals surface area (Å²) >= 11 is 0. The van der Waals surface area contributed by atoms with Gasteiger partial charge in [-0.05, 0) is 43.4 Å². The topological polar surface area (TPSA) is 43.4 Å². The maximum absolute atomic E-state index is 11.7. The van der Waals surface area contributed by atoms with E-state index in [9.17, 15) is 9.59 Å². The number of hydrogen-bond acceptors (Lipinski definition) is 3. The van der Waals surface area contributed by atoms with Crippen molar-refractivity contribution >= 4 is 17.3 Å². The van der Waals surface area contributed by atoms with E-state index < -0.39 is 0 Å². The molecule has 0 saturated heterocycles. The van der Waals surface area contributed by atoms with Gasteiger partial charge in [-0.25, -0.2) is 4.79 Å². The summed E-state index contributed by atoms with van der Waals surface area (Å²) < 4.78 is 4.99. The Kier molecular flexibility index (Phi) is 7.30. The third kappa shape index (κ3) is 5.32. The number of unbranched alkanes of at least 4 members (excludes halogenated alkanes) is 1. The Morgan fingerprint density at radius 3 is 2.23 bits per heavy atom. The van der Waals surface area contributed by atoms with E-state index in [-0.39, 0.29) is 11.8 Å². The predicted molar refractivity (Wildman–Crippen MR) is 89.7 cm³/mol. The molecule has 3 heteroatoms. The molecular weight excluding hydrogens is 276 g/mol. The smallest absolute Gasteiger partial charge is 0.331 e. The van der Waals surface area contributed by atoms with Crippen molar-refractivity contribution in [2.75, 3.05) is 6.61 Å². The number of ether oxygens (including phenoxy) is 1. The van der Waals surface area contributed by atoms with Crippen LogP contribution in [-0.4, -0.2) is 18.4 Å². The van der Waals surface area contributed by atoms with Crippen molar-refractivity contribution in [3.63, 3.8) is 0 Å². The first-order chi connectivity index (χ1) is 10.5. The molecule has 1 aromatic carbocycles. The van der Waals surface area contributed by atoms with E-state index >= 15 is 0 Å². The van der Waals surface area contributed by atoms with Crippen molar-refractivity contribution < 1.29 is 14.3 Å². The summed E-state index contributed by atoms with van der Waals surface area (Å²) in [5, 5.41) is 0. The fraction of sp³-hybridized carbons (Fsp3) is 0.368. The van der Waals surface area contributed by atoms with Crippen molar-refractivity contribution in [2.24, 2.45) is 0 Å². The number of carbonyl (C=O) groups excluding carboxylic acids is 2. The van der Waals surface area contributed by atoms with Gasteiger partial charge in [-0.15, -0.1) is 0 Å². The van der Waals surface area contributed by atoms with Gasteiger partial charge in [0.15, 0.2) is 5.78 Å². The van der Waals surface area contributed by atoms with Crippen LogP contribution in [-0.2, 0) is 9.53 Å². The van der Waals surface area contributed by atoms with Gasteiger partial charge in [-0.2, -0.15) is 0 Å². The highest BCUT2D eigenvalue weighted by Crippen LogP contribution is 2.26. The summed E-state index contributed by atoms with van der Waals surface area (Å²) in [7, 11) is 0. The highest BCUT2D eigenvalue weighted by atomic mass is 16.5. The fourth-order valence-electron chi connectivity index (χ4n) is 2.10. The second kappa shape index (κ2) is 8.98. The summed E-state index contributed by atoms with van der Waals surface area (Å²) in [5.41, 5.74) is 3.27. The molecule has 0 spiro atoms. The van der Waals surface area contributed by atoms with E-state index in [0.717, 1.165) is 36.0 Å². The molecule has 0 aliphatic rings. The van der Waals surface area contributed by atoms with Gasteiger partial charge in [0, 0.05) is 11.6 Å². The number of carbonyl (C=O) groups is 2. The van der Waals surface area contributed by atoms with Gasteiger partial charge in [0.1, 0.15) is 0 Å².